The van der Waals surface area contributed by atoms with Crippen LogP contribution in [0.2, 0.25) is 0 Å². The topological polar surface area (TPSA) is 67.4 Å². The highest BCUT2D eigenvalue weighted by Crippen LogP contribution is 2.36. The minimum Gasteiger partial charge on any atom is -0.467 e. The molecule has 1 saturated carbocycles. The van der Waals surface area contributed by atoms with Crippen molar-refractivity contribution in [2.24, 2.45) is 5.41 Å². The van der Waals surface area contributed by atoms with Crippen LogP contribution in [0.25, 0.3) is 0 Å². The van der Waals surface area contributed by atoms with Gasteiger partial charge in [-0.05, 0) is 24.7 Å². The number of rotatable bonds is 5. The van der Waals surface area contributed by atoms with Crippen molar-refractivity contribution in [3.8, 4) is 0 Å². The lowest BCUT2D eigenvalue weighted by atomic mass is 9.92. The van der Waals surface area contributed by atoms with Crippen LogP contribution in [-0.4, -0.2) is 37.6 Å². The van der Waals surface area contributed by atoms with Gasteiger partial charge in [0.2, 0.25) is 5.91 Å². The molecule has 5 heteroatoms. The van der Waals surface area contributed by atoms with E-state index in [9.17, 15) is 9.59 Å². The number of esters is 1. The highest BCUT2D eigenvalue weighted by Gasteiger charge is 2.31. The Morgan fingerprint density at radius 2 is 2.11 bits per heavy atom. The SMILES string of the molecule is COC(=O)C(CNC1CCC(C)(C)C1)NC(C)=O. The molecule has 1 amide bonds. The number of methoxy groups -OCH3 is 1. The maximum atomic E-state index is 11.5. The third-order valence-electron chi connectivity index (χ3n) is 3.44. The number of ether oxygens (including phenoxy) is 1. The third-order valence-corrected chi connectivity index (χ3v) is 3.44. The summed E-state index contributed by atoms with van der Waals surface area (Å²) in [6, 6.07) is -0.183. The second-order valence-electron chi connectivity index (χ2n) is 5.79. The molecule has 18 heavy (non-hydrogen) atoms. The van der Waals surface area contributed by atoms with Gasteiger partial charge in [-0.2, -0.15) is 0 Å². The Bertz CT molecular complexity index is 315. The molecule has 0 radical (unpaired) electrons. The van der Waals surface area contributed by atoms with Crippen molar-refractivity contribution in [1.29, 1.82) is 0 Å². The van der Waals surface area contributed by atoms with Gasteiger partial charge >= 0.3 is 5.97 Å². The summed E-state index contributed by atoms with van der Waals surface area (Å²) in [6.45, 7) is 6.32. The highest BCUT2D eigenvalue weighted by molar-refractivity contribution is 5.83. The monoisotopic (exact) mass is 256 g/mol. The zero-order valence-corrected chi connectivity index (χ0v) is 11.7. The van der Waals surface area contributed by atoms with Crippen LogP contribution in [0.1, 0.15) is 40.0 Å². The Morgan fingerprint density at radius 3 is 2.56 bits per heavy atom. The van der Waals surface area contributed by atoms with E-state index in [1.54, 1.807) is 0 Å². The first kappa shape index (κ1) is 15.0. The van der Waals surface area contributed by atoms with Gasteiger partial charge in [-0.3, -0.25) is 4.79 Å². The summed E-state index contributed by atoms with van der Waals surface area (Å²) in [5.41, 5.74) is 0.367. The van der Waals surface area contributed by atoms with Gasteiger partial charge in [-0.25, -0.2) is 4.79 Å². The molecule has 1 aliphatic carbocycles. The number of hydrogen-bond donors (Lipinski definition) is 2. The molecule has 0 spiro atoms. The van der Waals surface area contributed by atoms with E-state index in [-0.39, 0.29) is 5.91 Å². The largest absolute Gasteiger partial charge is 0.467 e. The zero-order valence-electron chi connectivity index (χ0n) is 11.7. The minimum atomic E-state index is -0.601. The van der Waals surface area contributed by atoms with Gasteiger partial charge in [-0.1, -0.05) is 13.8 Å². The van der Waals surface area contributed by atoms with E-state index in [0.717, 1.165) is 12.8 Å². The first-order chi connectivity index (χ1) is 8.34. The summed E-state index contributed by atoms with van der Waals surface area (Å²) >= 11 is 0. The van der Waals surface area contributed by atoms with Gasteiger partial charge < -0.3 is 15.4 Å². The van der Waals surface area contributed by atoms with E-state index >= 15 is 0 Å². The first-order valence-corrected chi connectivity index (χ1v) is 6.42. The van der Waals surface area contributed by atoms with Gasteiger partial charge in [0.15, 0.2) is 0 Å². The van der Waals surface area contributed by atoms with Gasteiger partial charge in [0, 0.05) is 19.5 Å². The standard InChI is InChI=1S/C13H24N2O3/c1-9(16)15-11(12(17)18-4)8-14-10-5-6-13(2,3)7-10/h10-11,14H,5-8H2,1-4H3,(H,15,16). The summed E-state index contributed by atoms with van der Waals surface area (Å²) in [5.74, 6) is -0.631. The van der Waals surface area contributed by atoms with Crippen LogP contribution in [0.3, 0.4) is 0 Å². The predicted molar refractivity (Wildman–Crippen MR) is 69.0 cm³/mol. The Morgan fingerprint density at radius 1 is 1.44 bits per heavy atom. The first-order valence-electron chi connectivity index (χ1n) is 6.42. The van der Waals surface area contributed by atoms with E-state index in [2.05, 4.69) is 29.2 Å². The summed E-state index contributed by atoms with van der Waals surface area (Å²) < 4.78 is 4.68. The molecule has 1 rings (SSSR count). The van der Waals surface area contributed by atoms with Crippen molar-refractivity contribution < 1.29 is 14.3 Å². The molecule has 2 atom stereocenters. The van der Waals surface area contributed by atoms with Crippen LogP contribution < -0.4 is 10.6 Å². The normalized spacial score (nSPS) is 23.4. The fourth-order valence-electron chi connectivity index (χ4n) is 2.48. The smallest absolute Gasteiger partial charge is 0.329 e. The third kappa shape index (κ3) is 4.64. The van der Waals surface area contributed by atoms with Crippen molar-refractivity contribution >= 4 is 11.9 Å². The number of carbonyl (C=O) groups is 2. The molecule has 0 heterocycles. The van der Waals surface area contributed by atoms with Gasteiger partial charge in [0.1, 0.15) is 6.04 Å². The molecule has 0 aromatic carbocycles. The second-order valence-corrected chi connectivity index (χ2v) is 5.79. The van der Waals surface area contributed by atoms with Crippen molar-refractivity contribution in [3.05, 3.63) is 0 Å². The Labute approximate surface area is 109 Å². The molecular weight excluding hydrogens is 232 g/mol. The van der Waals surface area contributed by atoms with Crippen molar-refractivity contribution in [2.75, 3.05) is 13.7 Å². The summed E-state index contributed by atoms with van der Waals surface area (Å²) in [7, 11) is 1.33. The van der Waals surface area contributed by atoms with Gasteiger partial charge in [-0.15, -0.1) is 0 Å². The zero-order chi connectivity index (χ0) is 13.8. The quantitative estimate of drug-likeness (QED) is 0.715. The molecule has 0 aliphatic heterocycles. The van der Waals surface area contributed by atoms with E-state index in [0.29, 0.717) is 18.0 Å². The number of hydrogen-bond acceptors (Lipinski definition) is 4. The van der Waals surface area contributed by atoms with Crippen LogP contribution >= 0.6 is 0 Å². The van der Waals surface area contributed by atoms with Crippen LogP contribution in [0.15, 0.2) is 0 Å². The maximum Gasteiger partial charge on any atom is 0.329 e. The molecule has 1 fully saturated rings. The number of carbonyl (C=O) groups excluding carboxylic acids is 2. The van der Waals surface area contributed by atoms with Crippen molar-refractivity contribution in [3.63, 3.8) is 0 Å². The van der Waals surface area contributed by atoms with Crippen LogP contribution in [0.5, 0.6) is 0 Å². The Hall–Kier alpha value is -1.10. The molecule has 0 aromatic heterocycles. The van der Waals surface area contributed by atoms with Crippen LogP contribution in [-0.2, 0) is 14.3 Å². The fourth-order valence-corrected chi connectivity index (χ4v) is 2.48. The van der Waals surface area contributed by atoms with Crippen LogP contribution in [0.4, 0.5) is 0 Å². The number of nitrogens with one attached hydrogen (secondary N) is 2. The van der Waals surface area contributed by atoms with Crippen molar-refractivity contribution in [2.45, 2.75) is 52.1 Å². The van der Waals surface area contributed by atoms with Gasteiger partial charge in [0.05, 0.1) is 7.11 Å². The molecule has 1 aliphatic rings. The highest BCUT2D eigenvalue weighted by atomic mass is 16.5. The molecular formula is C13H24N2O3. The predicted octanol–water partition coefficient (Wildman–Crippen LogP) is 0.832. The number of amides is 1. The fraction of sp³-hybridized carbons (Fsp3) is 0.846. The molecule has 104 valence electrons. The lowest BCUT2D eigenvalue weighted by molar-refractivity contribution is -0.144. The van der Waals surface area contributed by atoms with Crippen molar-refractivity contribution in [1.82, 2.24) is 10.6 Å². The molecule has 0 aromatic rings. The molecule has 0 saturated heterocycles. The lowest BCUT2D eigenvalue weighted by Crippen LogP contribution is -2.48. The average Bonchev–Trinajstić information content (AvgIpc) is 2.62. The minimum absolute atomic E-state index is 0.223. The summed E-state index contributed by atoms with van der Waals surface area (Å²) in [4.78, 5) is 22.5. The molecule has 0 bridgehead atoms. The molecule has 5 nitrogen and oxygen atoms in total. The molecule has 2 unspecified atom stereocenters. The second kappa shape index (κ2) is 6.18. The van der Waals surface area contributed by atoms with E-state index in [1.165, 1.54) is 20.5 Å². The summed E-state index contributed by atoms with van der Waals surface area (Å²) in [6.07, 6.45) is 3.40. The summed E-state index contributed by atoms with van der Waals surface area (Å²) in [5, 5.41) is 5.94. The van der Waals surface area contributed by atoms with Gasteiger partial charge in [0.25, 0.3) is 0 Å². The molecule has 2 N–H and O–H groups in total. The van der Waals surface area contributed by atoms with E-state index in [4.69, 9.17) is 0 Å². The van der Waals surface area contributed by atoms with E-state index < -0.39 is 12.0 Å². The average molecular weight is 256 g/mol. The van der Waals surface area contributed by atoms with Crippen LogP contribution in [0, 0.1) is 5.41 Å². The maximum absolute atomic E-state index is 11.5. The van der Waals surface area contributed by atoms with E-state index in [1.807, 2.05) is 0 Å². The Balaban J connectivity index is 2.42. The Kier molecular flexibility index (Phi) is 5.14. The lowest BCUT2D eigenvalue weighted by Gasteiger charge is -2.21.